The lowest BCUT2D eigenvalue weighted by atomic mass is 9.97. The number of ether oxygens (including phenoxy) is 1. The highest BCUT2D eigenvalue weighted by Crippen LogP contribution is 2.31. The van der Waals surface area contributed by atoms with Crippen molar-refractivity contribution in [3.05, 3.63) is 83.9 Å². The Morgan fingerprint density at radius 1 is 0.939 bits per heavy atom. The van der Waals surface area contributed by atoms with Gasteiger partial charge in [-0.15, -0.1) is 0 Å². The van der Waals surface area contributed by atoms with E-state index < -0.39 is 0 Å². The fourth-order valence-corrected chi connectivity index (χ4v) is 4.17. The van der Waals surface area contributed by atoms with Crippen LogP contribution in [0.4, 0.5) is 11.4 Å². The van der Waals surface area contributed by atoms with E-state index in [0.29, 0.717) is 5.56 Å². The van der Waals surface area contributed by atoms with Crippen LogP contribution in [-0.4, -0.2) is 31.1 Å². The molecule has 168 valence electrons. The van der Waals surface area contributed by atoms with Gasteiger partial charge in [0.1, 0.15) is 5.75 Å². The number of methoxy groups -OCH3 is 1. The highest BCUT2D eigenvalue weighted by molar-refractivity contribution is 6.14. The van der Waals surface area contributed by atoms with Crippen molar-refractivity contribution in [3.63, 3.8) is 0 Å². The van der Waals surface area contributed by atoms with Crippen LogP contribution in [0.25, 0.3) is 22.2 Å². The Balaban J connectivity index is 1.73. The van der Waals surface area contributed by atoms with E-state index >= 15 is 0 Å². The zero-order valence-electron chi connectivity index (χ0n) is 19.6. The minimum absolute atomic E-state index is 0.142. The third-order valence-corrected chi connectivity index (χ3v) is 5.98. The molecule has 0 atom stereocenters. The Morgan fingerprint density at radius 3 is 2.24 bits per heavy atom. The Morgan fingerprint density at radius 2 is 1.61 bits per heavy atom. The van der Waals surface area contributed by atoms with Gasteiger partial charge in [0.05, 0.1) is 23.9 Å². The first-order valence-corrected chi connectivity index (χ1v) is 11.3. The summed E-state index contributed by atoms with van der Waals surface area (Å²) in [4.78, 5) is 20.6. The van der Waals surface area contributed by atoms with Crippen molar-refractivity contribution in [2.75, 3.05) is 30.4 Å². The maximum Gasteiger partial charge on any atom is 0.256 e. The topological polar surface area (TPSA) is 54.5 Å². The predicted molar refractivity (Wildman–Crippen MR) is 136 cm³/mol. The molecule has 1 N–H and O–H groups in total. The summed E-state index contributed by atoms with van der Waals surface area (Å²) >= 11 is 0. The largest absolute Gasteiger partial charge is 0.497 e. The minimum Gasteiger partial charge on any atom is -0.497 e. The Bertz CT molecular complexity index is 1260. The molecule has 1 aromatic heterocycles. The van der Waals surface area contributed by atoms with Gasteiger partial charge < -0.3 is 15.0 Å². The summed E-state index contributed by atoms with van der Waals surface area (Å²) in [6, 6.07) is 23.5. The second kappa shape index (κ2) is 9.74. The van der Waals surface area contributed by atoms with Crippen LogP contribution in [0.2, 0.25) is 0 Å². The number of carbonyl (C=O) groups excluding carboxylic acids is 1. The molecule has 0 aliphatic carbocycles. The maximum absolute atomic E-state index is 13.5. The quantitative estimate of drug-likeness (QED) is 0.366. The molecule has 0 saturated heterocycles. The van der Waals surface area contributed by atoms with E-state index in [1.807, 2.05) is 79.7 Å². The number of carbonyl (C=O) groups is 1. The monoisotopic (exact) mass is 439 g/mol. The van der Waals surface area contributed by atoms with Crippen LogP contribution < -0.4 is 15.0 Å². The Kier molecular flexibility index (Phi) is 6.59. The summed E-state index contributed by atoms with van der Waals surface area (Å²) in [5.74, 6) is 0.639. The van der Waals surface area contributed by atoms with Crippen LogP contribution in [0.1, 0.15) is 29.8 Å². The molecule has 1 amide bonds. The number of pyridine rings is 1. The predicted octanol–water partition coefficient (Wildman–Crippen LogP) is 6.32. The number of anilines is 2. The molecule has 1 heterocycles. The van der Waals surface area contributed by atoms with Gasteiger partial charge in [0.25, 0.3) is 5.91 Å². The fourth-order valence-electron chi connectivity index (χ4n) is 4.17. The Hall–Kier alpha value is -3.86. The van der Waals surface area contributed by atoms with Gasteiger partial charge in [0, 0.05) is 35.4 Å². The van der Waals surface area contributed by atoms with Gasteiger partial charge in [-0.1, -0.05) is 18.2 Å². The minimum atomic E-state index is -0.142. The standard InChI is InChI=1S/C28H29N3O2/c1-5-31(6-2)22-15-13-21(14-16-22)29-28(32)26-19(3)27(20-11-17-23(33-4)18-12-20)30-25-10-8-7-9-24(25)26/h7-18H,5-6H2,1-4H3,(H,29,32). The van der Waals surface area contributed by atoms with Gasteiger partial charge in [0.2, 0.25) is 0 Å². The molecule has 0 aliphatic heterocycles. The van der Waals surface area contributed by atoms with E-state index in [1.165, 1.54) is 0 Å². The highest BCUT2D eigenvalue weighted by atomic mass is 16.5. The third kappa shape index (κ3) is 4.53. The highest BCUT2D eigenvalue weighted by Gasteiger charge is 2.19. The number of nitrogens with one attached hydrogen (secondary N) is 1. The average molecular weight is 440 g/mol. The number of benzene rings is 3. The molecule has 0 saturated carbocycles. The van der Waals surface area contributed by atoms with Crippen molar-refractivity contribution in [1.29, 1.82) is 0 Å². The second-order valence-electron chi connectivity index (χ2n) is 7.88. The van der Waals surface area contributed by atoms with Gasteiger partial charge in [0.15, 0.2) is 0 Å². The molecule has 0 bridgehead atoms. The van der Waals surface area contributed by atoms with Crippen LogP contribution in [0.3, 0.4) is 0 Å². The molecule has 33 heavy (non-hydrogen) atoms. The molecule has 4 rings (SSSR count). The van der Waals surface area contributed by atoms with Crippen LogP contribution in [-0.2, 0) is 0 Å². The summed E-state index contributed by atoms with van der Waals surface area (Å²) in [6.07, 6.45) is 0. The summed E-state index contributed by atoms with van der Waals surface area (Å²) in [7, 11) is 1.64. The Labute approximate surface area is 195 Å². The lowest BCUT2D eigenvalue weighted by molar-refractivity contribution is 0.102. The molecule has 5 nitrogen and oxygen atoms in total. The normalized spacial score (nSPS) is 10.8. The first-order chi connectivity index (χ1) is 16.0. The number of hydrogen-bond acceptors (Lipinski definition) is 4. The van der Waals surface area contributed by atoms with E-state index in [4.69, 9.17) is 9.72 Å². The number of hydrogen-bond donors (Lipinski definition) is 1. The molecular formula is C28H29N3O2. The van der Waals surface area contributed by atoms with Crippen molar-refractivity contribution >= 4 is 28.2 Å². The zero-order chi connectivity index (χ0) is 23.4. The molecule has 0 radical (unpaired) electrons. The SMILES string of the molecule is CCN(CC)c1ccc(NC(=O)c2c(C)c(-c3ccc(OC)cc3)nc3ccccc23)cc1. The van der Waals surface area contributed by atoms with Gasteiger partial charge >= 0.3 is 0 Å². The zero-order valence-corrected chi connectivity index (χ0v) is 19.6. The van der Waals surface area contributed by atoms with Crippen molar-refractivity contribution in [3.8, 4) is 17.0 Å². The lowest BCUT2D eigenvalue weighted by Gasteiger charge is -2.21. The van der Waals surface area contributed by atoms with Gasteiger partial charge in [-0.25, -0.2) is 4.98 Å². The summed E-state index contributed by atoms with van der Waals surface area (Å²) in [6.45, 7) is 8.11. The molecule has 0 aliphatic rings. The van der Waals surface area contributed by atoms with E-state index in [0.717, 1.165) is 57.9 Å². The fraction of sp³-hybridized carbons (Fsp3) is 0.214. The second-order valence-corrected chi connectivity index (χ2v) is 7.88. The maximum atomic E-state index is 13.5. The van der Waals surface area contributed by atoms with Crippen molar-refractivity contribution in [2.45, 2.75) is 20.8 Å². The number of para-hydroxylation sites is 1. The third-order valence-electron chi connectivity index (χ3n) is 5.98. The molecule has 3 aromatic carbocycles. The number of nitrogens with zero attached hydrogens (tertiary/aromatic N) is 2. The van der Waals surface area contributed by atoms with Gasteiger partial charge in [-0.2, -0.15) is 0 Å². The van der Waals surface area contributed by atoms with Crippen molar-refractivity contribution in [1.82, 2.24) is 4.98 Å². The van der Waals surface area contributed by atoms with Crippen molar-refractivity contribution in [2.24, 2.45) is 0 Å². The molecule has 0 unspecified atom stereocenters. The van der Waals surface area contributed by atoms with E-state index in [-0.39, 0.29) is 5.91 Å². The molecule has 4 aromatic rings. The first kappa shape index (κ1) is 22.3. The molecule has 5 heteroatoms. The first-order valence-electron chi connectivity index (χ1n) is 11.3. The van der Waals surface area contributed by atoms with E-state index in [9.17, 15) is 4.79 Å². The summed E-state index contributed by atoms with van der Waals surface area (Å²) < 4.78 is 5.28. The number of fused-ring (bicyclic) bond motifs is 1. The van der Waals surface area contributed by atoms with Crippen LogP contribution in [0.15, 0.2) is 72.8 Å². The molecule has 0 spiro atoms. The molecule has 0 fully saturated rings. The average Bonchev–Trinajstić information content (AvgIpc) is 2.85. The number of aromatic nitrogens is 1. The van der Waals surface area contributed by atoms with Crippen LogP contribution >= 0.6 is 0 Å². The van der Waals surface area contributed by atoms with Crippen molar-refractivity contribution < 1.29 is 9.53 Å². The lowest BCUT2D eigenvalue weighted by Crippen LogP contribution is -2.21. The summed E-state index contributed by atoms with van der Waals surface area (Å²) in [5.41, 5.74) is 5.91. The van der Waals surface area contributed by atoms with Gasteiger partial charge in [-0.05, 0) is 80.9 Å². The smallest absolute Gasteiger partial charge is 0.256 e. The number of rotatable bonds is 7. The van der Waals surface area contributed by atoms with E-state index in [1.54, 1.807) is 7.11 Å². The summed E-state index contributed by atoms with van der Waals surface area (Å²) in [5, 5.41) is 3.92. The van der Waals surface area contributed by atoms with Crippen LogP contribution in [0.5, 0.6) is 5.75 Å². The van der Waals surface area contributed by atoms with Gasteiger partial charge in [-0.3, -0.25) is 4.79 Å². The van der Waals surface area contributed by atoms with E-state index in [2.05, 4.69) is 24.1 Å². The number of amides is 1. The molecular weight excluding hydrogens is 410 g/mol. The van der Waals surface area contributed by atoms with Crippen LogP contribution in [0, 0.1) is 6.92 Å².